The van der Waals surface area contributed by atoms with Crippen LogP contribution in [0.1, 0.15) is 33.1 Å². The minimum Gasteiger partial charge on any atom is -0.270 e. The van der Waals surface area contributed by atoms with Gasteiger partial charge in [0.05, 0.1) is 25.7 Å². The van der Waals surface area contributed by atoms with E-state index in [2.05, 4.69) is 0 Å². The maximum Gasteiger partial charge on any atom is 0.264 e. The first-order chi connectivity index (χ1) is 9.37. The minimum atomic E-state index is -3.52. The van der Waals surface area contributed by atoms with E-state index in [-0.39, 0.29) is 13.2 Å². The van der Waals surface area contributed by atoms with Crippen molar-refractivity contribution in [3.05, 3.63) is 0 Å². The Balaban J connectivity index is 2.24. The molecule has 2 saturated carbocycles. The first-order valence-electron chi connectivity index (χ1n) is 7.06. The summed E-state index contributed by atoms with van der Waals surface area (Å²) in [6.45, 7) is 4.15. The van der Waals surface area contributed by atoms with Crippen molar-refractivity contribution < 1.29 is 25.2 Å². The second-order valence-corrected chi connectivity index (χ2v) is 10.3. The molecule has 0 aromatic rings. The van der Waals surface area contributed by atoms with Crippen molar-refractivity contribution in [3.63, 3.8) is 0 Å². The smallest absolute Gasteiger partial charge is 0.264 e. The SMILES string of the molecule is C[C@]1(COS(C)(=O)=O)[C@H]2CC[C@H](C2)[C@@]1(C)COS(C)(=O)=O. The van der Waals surface area contributed by atoms with Gasteiger partial charge in [0.2, 0.25) is 0 Å². The van der Waals surface area contributed by atoms with E-state index in [9.17, 15) is 16.8 Å². The lowest BCUT2D eigenvalue weighted by atomic mass is 9.58. The lowest BCUT2D eigenvalue weighted by Gasteiger charge is -2.48. The van der Waals surface area contributed by atoms with E-state index >= 15 is 0 Å². The first kappa shape index (κ1) is 17.2. The molecule has 0 saturated heterocycles. The maximum absolute atomic E-state index is 11.3. The summed E-state index contributed by atoms with van der Waals surface area (Å²) in [5, 5.41) is 0. The van der Waals surface area contributed by atoms with Crippen molar-refractivity contribution in [2.75, 3.05) is 25.7 Å². The van der Waals surface area contributed by atoms with Gasteiger partial charge in [-0.3, -0.25) is 8.37 Å². The molecule has 8 heteroatoms. The van der Waals surface area contributed by atoms with Crippen molar-refractivity contribution in [1.29, 1.82) is 0 Å². The van der Waals surface area contributed by atoms with Crippen LogP contribution in [0.25, 0.3) is 0 Å². The molecule has 0 N–H and O–H groups in total. The van der Waals surface area contributed by atoms with Gasteiger partial charge in [-0.25, -0.2) is 0 Å². The molecule has 0 radical (unpaired) electrons. The van der Waals surface area contributed by atoms with Crippen LogP contribution in [0.15, 0.2) is 0 Å². The molecule has 0 unspecified atom stereocenters. The Morgan fingerprint density at radius 3 is 1.48 bits per heavy atom. The van der Waals surface area contributed by atoms with Crippen LogP contribution in [0, 0.1) is 22.7 Å². The molecule has 0 amide bonds. The Morgan fingerprint density at radius 1 is 0.857 bits per heavy atom. The normalized spacial score (nSPS) is 39.8. The molecule has 0 spiro atoms. The molecule has 0 aliphatic heterocycles. The Hall–Kier alpha value is -0.180. The van der Waals surface area contributed by atoms with Crippen LogP contribution in [-0.4, -0.2) is 42.6 Å². The van der Waals surface area contributed by atoms with Crippen LogP contribution in [-0.2, 0) is 28.6 Å². The zero-order valence-electron chi connectivity index (χ0n) is 13.0. The minimum absolute atomic E-state index is 0.0800. The highest BCUT2D eigenvalue weighted by Crippen LogP contribution is 2.66. The van der Waals surface area contributed by atoms with E-state index in [1.165, 1.54) is 0 Å². The van der Waals surface area contributed by atoms with Crippen molar-refractivity contribution in [3.8, 4) is 0 Å². The van der Waals surface area contributed by atoms with Gasteiger partial charge in [0.25, 0.3) is 20.2 Å². The zero-order valence-corrected chi connectivity index (χ0v) is 14.6. The van der Waals surface area contributed by atoms with E-state index in [0.717, 1.165) is 31.8 Å². The molecule has 0 aromatic heterocycles. The average molecular weight is 340 g/mol. The fourth-order valence-corrected chi connectivity index (χ4v) is 5.01. The van der Waals surface area contributed by atoms with E-state index < -0.39 is 31.1 Å². The van der Waals surface area contributed by atoms with Gasteiger partial charge in [0.15, 0.2) is 0 Å². The molecule has 4 atom stereocenters. The Morgan fingerprint density at radius 2 is 1.19 bits per heavy atom. The fraction of sp³-hybridized carbons (Fsp3) is 1.00. The van der Waals surface area contributed by atoms with Crippen LogP contribution in [0.5, 0.6) is 0 Å². The third kappa shape index (κ3) is 3.28. The predicted molar refractivity (Wildman–Crippen MR) is 78.6 cm³/mol. The highest BCUT2D eigenvalue weighted by molar-refractivity contribution is 7.86. The third-order valence-electron chi connectivity index (χ3n) is 5.69. The van der Waals surface area contributed by atoms with Crippen molar-refractivity contribution in [1.82, 2.24) is 0 Å². The van der Waals surface area contributed by atoms with Gasteiger partial charge < -0.3 is 0 Å². The average Bonchev–Trinajstić information content (AvgIpc) is 2.86. The Bertz CT molecular complexity index is 557. The number of fused-ring (bicyclic) bond motifs is 2. The quantitative estimate of drug-likeness (QED) is 0.679. The molecule has 2 rings (SSSR count). The zero-order chi connectivity index (χ0) is 16.1. The third-order valence-corrected chi connectivity index (χ3v) is 6.78. The van der Waals surface area contributed by atoms with Crippen LogP contribution in [0.3, 0.4) is 0 Å². The predicted octanol–water partition coefficient (Wildman–Crippen LogP) is 1.38. The van der Waals surface area contributed by atoms with Crippen LogP contribution < -0.4 is 0 Å². The molecular formula is C13H24O6S2. The summed E-state index contributed by atoms with van der Waals surface area (Å²) in [6, 6.07) is 0. The summed E-state index contributed by atoms with van der Waals surface area (Å²) in [6.07, 6.45) is 5.11. The van der Waals surface area contributed by atoms with E-state index in [0.29, 0.717) is 11.8 Å². The van der Waals surface area contributed by atoms with Gasteiger partial charge in [-0.1, -0.05) is 13.8 Å². The molecule has 6 nitrogen and oxygen atoms in total. The maximum atomic E-state index is 11.3. The van der Waals surface area contributed by atoms with Crippen LogP contribution in [0.2, 0.25) is 0 Å². The lowest BCUT2D eigenvalue weighted by Crippen LogP contribution is -2.49. The molecule has 0 aromatic carbocycles. The number of hydrogen-bond acceptors (Lipinski definition) is 6. The van der Waals surface area contributed by atoms with Gasteiger partial charge in [-0.2, -0.15) is 16.8 Å². The Labute approximate surface area is 127 Å². The van der Waals surface area contributed by atoms with E-state index in [1.807, 2.05) is 13.8 Å². The topological polar surface area (TPSA) is 86.7 Å². The second kappa shape index (κ2) is 5.18. The van der Waals surface area contributed by atoms with E-state index in [1.54, 1.807) is 0 Å². The van der Waals surface area contributed by atoms with Crippen molar-refractivity contribution in [2.45, 2.75) is 33.1 Å². The molecule has 2 bridgehead atoms. The molecular weight excluding hydrogens is 316 g/mol. The summed E-state index contributed by atoms with van der Waals surface area (Å²) in [5.41, 5.74) is -0.798. The summed E-state index contributed by atoms with van der Waals surface area (Å²) in [4.78, 5) is 0. The fourth-order valence-electron chi connectivity index (χ4n) is 4.10. The van der Waals surface area contributed by atoms with Gasteiger partial charge in [-0.05, 0) is 31.1 Å². The van der Waals surface area contributed by atoms with Gasteiger partial charge in [-0.15, -0.1) is 0 Å². The van der Waals surface area contributed by atoms with Crippen LogP contribution >= 0.6 is 0 Å². The molecule has 0 heterocycles. The first-order valence-corrected chi connectivity index (χ1v) is 10.7. The number of hydrogen-bond donors (Lipinski definition) is 0. The highest BCUT2D eigenvalue weighted by atomic mass is 32.2. The number of rotatable bonds is 6. The molecule has 2 aliphatic carbocycles. The lowest BCUT2D eigenvalue weighted by molar-refractivity contribution is -0.0570. The van der Waals surface area contributed by atoms with Gasteiger partial charge >= 0.3 is 0 Å². The summed E-state index contributed by atoms with van der Waals surface area (Å²) < 4.78 is 55.4. The standard InChI is InChI=1S/C13H24O6S2/c1-12(8-18-20(3,14)15)10-5-6-11(7-10)13(12,2)9-19-21(4,16)17/h10-11H,5-9H2,1-4H3/t10-,11+,12-,13+. The molecule has 21 heavy (non-hydrogen) atoms. The highest BCUT2D eigenvalue weighted by Gasteiger charge is 2.63. The largest absolute Gasteiger partial charge is 0.270 e. The molecule has 2 aliphatic rings. The summed E-state index contributed by atoms with van der Waals surface area (Å²) >= 11 is 0. The van der Waals surface area contributed by atoms with Crippen molar-refractivity contribution in [2.24, 2.45) is 22.7 Å². The Kier molecular flexibility index (Phi) is 4.24. The van der Waals surface area contributed by atoms with E-state index in [4.69, 9.17) is 8.37 Å². The second-order valence-electron chi connectivity index (χ2n) is 6.97. The van der Waals surface area contributed by atoms with Crippen LogP contribution in [0.4, 0.5) is 0 Å². The van der Waals surface area contributed by atoms with Gasteiger partial charge in [0, 0.05) is 10.8 Å². The summed E-state index contributed by atoms with van der Waals surface area (Å²) in [5.74, 6) is 0.690. The van der Waals surface area contributed by atoms with Gasteiger partial charge in [0.1, 0.15) is 0 Å². The summed E-state index contributed by atoms with van der Waals surface area (Å²) in [7, 11) is -7.04. The van der Waals surface area contributed by atoms with Crippen molar-refractivity contribution >= 4 is 20.2 Å². The monoisotopic (exact) mass is 340 g/mol. The molecule has 124 valence electrons. The molecule has 2 fully saturated rings.